The molecule has 0 aliphatic carbocycles. The highest BCUT2D eigenvalue weighted by Crippen LogP contribution is 2.39. The van der Waals surface area contributed by atoms with E-state index in [4.69, 9.17) is 24.9 Å². The van der Waals surface area contributed by atoms with E-state index in [1.165, 1.54) is 10.1 Å². The van der Waals surface area contributed by atoms with Gasteiger partial charge in [0.15, 0.2) is 23.3 Å². The van der Waals surface area contributed by atoms with E-state index in [-0.39, 0.29) is 0 Å². The van der Waals surface area contributed by atoms with Crippen molar-refractivity contribution in [3.63, 3.8) is 0 Å². The summed E-state index contributed by atoms with van der Waals surface area (Å²) in [6, 6.07) is 55.8. The second-order valence-electron chi connectivity index (χ2n) is 11.7. The van der Waals surface area contributed by atoms with Gasteiger partial charge in [0.2, 0.25) is 0 Å². The Kier molecular flexibility index (Phi) is 7.26. The third-order valence-corrected chi connectivity index (χ3v) is 9.65. The van der Waals surface area contributed by atoms with Gasteiger partial charge in [-0.3, -0.25) is 0 Å². The molecule has 0 saturated carbocycles. The highest BCUT2D eigenvalue weighted by atomic mass is 32.1. The van der Waals surface area contributed by atoms with Gasteiger partial charge in [-0.1, -0.05) is 152 Å². The molecule has 49 heavy (non-hydrogen) atoms. The Hall–Kier alpha value is -6.37. The third-order valence-electron chi connectivity index (χ3n) is 8.58. The lowest BCUT2D eigenvalue weighted by Crippen LogP contribution is -2.00. The van der Waals surface area contributed by atoms with Crippen LogP contribution in [0.3, 0.4) is 0 Å². The van der Waals surface area contributed by atoms with Crippen molar-refractivity contribution in [1.82, 2.24) is 24.9 Å². The monoisotopic (exact) mass is 645 g/mol. The van der Waals surface area contributed by atoms with Crippen molar-refractivity contribution >= 4 is 31.6 Å². The quantitative estimate of drug-likeness (QED) is 0.180. The second-order valence-corrected chi connectivity index (χ2v) is 12.8. The van der Waals surface area contributed by atoms with Crippen LogP contribution < -0.4 is 0 Å². The predicted octanol–water partition coefficient (Wildman–Crippen LogP) is 11.0. The summed E-state index contributed by atoms with van der Waals surface area (Å²) in [6.07, 6.45) is 0. The number of aromatic nitrogens is 5. The van der Waals surface area contributed by atoms with Gasteiger partial charge in [-0.15, -0.1) is 11.3 Å². The SMILES string of the molecule is c1ccc(-c2nc(-c3ccccc3)nc(-c3cccc(-c4ccc(-c5nc(-c6ccccc6)c6c(n5)sc5ccccc56)cc4)c3)n2)cc1. The molecule has 0 bridgehead atoms. The molecule has 0 unspecified atom stereocenters. The molecule has 0 spiro atoms. The molecule has 6 aromatic carbocycles. The maximum absolute atomic E-state index is 5.16. The molecule has 0 N–H and O–H groups in total. The maximum Gasteiger partial charge on any atom is 0.164 e. The van der Waals surface area contributed by atoms with E-state index in [2.05, 4.69) is 97.1 Å². The van der Waals surface area contributed by atoms with Gasteiger partial charge in [0.1, 0.15) is 4.83 Å². The number of hydrogen-bond donors (Lipinski definition) is 0. The molecule has 3 heterocycles. The van der Waals surface area contributed by atoms with Gasteiger partial charge in [-0.25, -0.2) is 24.9 Å². The van der Waals surface area contributed by atoms with E-state index >= 15 is 0 Å². The van der Waals surface area contributed by atoms with E-state index < -0.39 is 0 Å². The standard InChI is InChI=1S/C43H27N5S/c1-4-13-29(14-5-1)38-37-35-21-10-11-22-36(35)49-43(37)48-39(44-38)32-25-23-28(24-26-32)33-19-12-20-34(27-33)42-46-40(30-15-6-2-7-16-30)45-41(47-42)31-17-8-3-9-18-31/h1-27H. The molecule has 0 atom stereocenters. The summed E-state index contributed by atoms with van der Waals surface area (Å²) in [4.78, 5) is 25.9. The summed E-state index contributed by atoms with van der Waals surface area (Å²) in [5.74, 6) is 2.63. The Bertz CT molecular complexity index is 2530. The summed E-state index contributed by atoms with van der Waals surface area (Å²) in [5, 5.41) is 2.29. The van der Waals surface area contributed by atoms with Gasteiger partial charge < -0.3 is 0 Å². The second kappa shape index (κ2) is 12.3. The van der Waals surface area contributed by atoms with Crippen LogP contribution in [0.25, 0.3) is 88.2 Å². The minimum atomic E-state index is 0.629. The zero-order valence-electron chi connectivity index (χ0n) is 26.2. The van der Waals surface area contributed by atoms with Gasteiger partial charge in [0.25, 0.3) is 0 Å². The average Bonchev–Trinajstić information content (AvgIpc) is 3.57. The molecule has 0 amide bonds. The lowest BCUT2D eigenvalue weighted by Gasteiger charge is -2.10. The van der Waals surface area contributed by atoms with Crippen molar-refractivity contribution in [2.75, 3.05) is 0 Å². The molecule has 0 aliphatic heterocycles. The number of rotatable bonds is 6. The van der Waals surface area contributed by atoms with E-state index in [1.54, 1.807) is 11.3 Å². The predicted molar refractivity (Wildman–Crippen MR) is 201 cm³/mol. The Morgan fingerprint density at radius 1 is 0.327 bits per heavy atom. The zero-order valence-corrected chi connectivity index (χ0v) is 27.0. The van der Waals surface area contributed by atoms with Gasteiger partial charge >= 0.3 is 0 Å². The third kappa shape index (κ3) is 5.54. The lowest BCUT2D eigenvalue weighted by atomic mass is 10.0. The van der Waals surface area contributed by atoms with E-state index in [0.29, 0.717) is 23.3 Å². The van der Waals surface area contributed by atoms with Crippen LogP contribution >= 0.6 is 11.3 Å². The fourth-order valence-corrected chi connectivity index (χ4v) is 7.22. The smallest absolute Gasteiger partial charge is 0.164 e. The van der Waals surface area contributed by atoms with Crippen molar-refractivity contribution in [3.05, 3.63) is 164 Å². The number of hydrogen-bond acceptors (Lipinski definition) is 6. The highest BCUT2D eigenvalue weighted by molar-refractivity contribution is 7.25. The first-order valence-electron chi connectivity index (χ1n) is 16.1. The average molecular weight is 646 g/mol. The van der Waals surface area contributed by atoms with Crippen LogP contribution in [0.4, 0.5) is 0 Å². The Labute approximate surface area is 287 Å². The molecule has 0 radical (unpaired) electrons. The number of fused-ring (bicyclic) bond motifs is 3. The molecular weight excluding hydrogens is 619 g/mol. The van der Waals surface area contributed by atoms with Gasteiger partial charge in [-0.2, -0.15) is 0 Å². The highest BCUT2D eigenvalue weighted by Gasteiger charge is 2.17. The van der Waals surface area contributed by atoms with Crippen molar-refractivity contribution in [2.24, 2.45) is 0 Å². The van der Waals surface area contributed by atoms with Crippen LogP contribution in [-0.2, 0) is 0 Å². The molecule has 0 saturated heterocycles. The molecular formula is C43H27N5S. The minimum Gasteiger partial charge on any atom is -0.227 e. The summed E-state index contributed by atoms with van der Waals surface area (Å²) in [5.41, 5.74) is 7.96. The summed E-state index contributed by atoms with van der Waals surface area (Å²) in [6.45, 7) is 0. The van der Waals surface area contributed by atoms with Crippen molar-refractivity contribution in [1.29, 1.82) is 0 Å². The molecule has 230 valence electrons. The van der Waals surface area contributed by atoms with Crippen LogP contribution in [0, 0.1) is 0 Å². The van der Waals surface area contributed by atoms with Crippen molar-refractivity contribution in [2.45, 2.75) is 0 Å². The lowest BCUT2D eigenvalue weighted by molar-refractivity contribution is 1.07. The maximum atomic E-state index is 5.16. The fourth-order valence-electron chi connectivity index (χ4n) is 6.14. The number of thiophene rings is 1. The summed E-state index contributed by atoms with van der Waals surface area (Å²) < 4.78 is 1.21. The van der Waals surface area contributed by atoms with Gasteiger partial charge in [0.05, 0.1) is 5.69 Å². The summed E-state index contributed by atoms with van der Waals surface area (Å²) >= 11 is 1.71. The largest absolute Gasteiger partial charge is 0.227 e. The topological polar surface area (TPSA) is 64.5 Å². The van der Waals surface area contributed by atoms with Crippen molar-refractivity contribution < 1.29 is 0 Å². The molecule has 5 nitrogen and oxygen atoms in total. The van der Waals surface area contributed by atoms with Gasteiger partial charge in [0, 0.05) is 43.3 Å². The normalized spacial score (nSPS) is 11.3. The van der Waals surface area contributed by atoms with Crippen LogP contribution in [-0.4, -0.2) is 24.9 Å². The van der Waals surface area contributed by atoms with Gasteiger partial charge in [-0.05, 0) is 23.3 Å². The zero-order chi connectivity index (χ0) is 32.6. The first kappa shape index (κ1) is 28.8. The summed E-state index contributed by atoms with van der Waals surface area (Å²) in [7, 11) is 0. The van der Waals surface area contributed by atoms with Crippen molar-refractivity contribution in [3.8, 4) is 67.9 Å². The first-order valence-corrected chi connectivity index (χ1v) is 16.9. The molecule has 0 aliphatic rings. The van der Waals surface area contributed by atoms with E-state index in [0.717, 1.165) is 54.9 Å². The molecule has 6 heteroatoms. The molecule has 3 aromatic heterocycles. The van der Waals surface area contributed by atoms with Crippen LogP contribution in [0.2, 0.25) is 0 Å². The number of nitrogens with zero attached hydrogens (tertiary/aromatic N) is 5. The molecule has 9 rings (SSSR count). The van der Waals surface area contributed by atoms with Crippen LogP contribution in [0.1, 0.15) is 0 Å². The molecule has 0 fully saturated rings. The van der Waals surface area contributed by atoms with Crippen LogP contribution in [0.15, 0.2) is 164 Å². The van der Waals surface area contributed by atoms with Crippen LogP contribution in [0.5, 0.6) is 0 Å². The van der Waals surface area contributed by atoms with E-state index in [1.807, 2.05) is 66.7 Å². The molecule has 9 aromatic rings. The minimum absolute atomic E-state index is 0.629. The van der Waals surface area contributed by atoms with E-state index in [9.17, 15) is 0 Å². The number of benzene rings is 6. The Balaban J connectivity index is 1.10. The first-order chi connectivity index (χ1) is 24.3. The fraction of sp³-hybridized carbons (Fsp3) is 0. The Morgan fingerprint density at radius 2 is 0.796 bits per heavy atom. The Morgan fingerprint density at radius 3 is 1.45 bits per heavy atom.